The predicted molar refractivity (Wildman–Crippen MR) is 33.6 cm³/mol. The number of thioether (sulfide) groups is 1. The van der Waals surface area contributed by atoms with Crippen molar-refractivity contribution in [3.05, 3.63) is 11.6 Å². The van der Waals surface area contributed by atoms with Crippen LogP contribution in [0.3, 0.4) is 0 Å². The average Bonchev–Trinajstić information content (AvgIpc) is 1.61. The summed E-state index contributed by atoms with van der Waals surface area (Å²) < 4.78 is 0. The van der Waals surface area contributed by atoms with Crippen LogP contribution in [0.5, 0.6) is 0 Å². The molecule has 0 bridgehead atoms. The molecule has 0 atom stereocenters. The zero-order valence-corrected chi connectivity index (χ0v) is 4.66. The Bertz CT molecular complexity index is 47.0. The summed E-state index contributed by atoms with van der Waals surface area (Å²) >= 11 is 1.70. The minimum atomic E-state index is 0. The van der Waals surface area contributed by atoms with E-state index in [2.05, 4.69) is 6.92 Å². The summed E-state index contributed by atoms with van der Waals surface area (Å²) in [6.45, 7) is 2.09. The van der Waals surface area contributed by atoms with Gasteiger partial charge in [-0.25, -0.2) is 0 Å². The van der Waals surface area contributed by atoms with Gasteiger partial charge >= 0.3 is 0 Å². The second-order valence-electron chi connectivity index (χ2n) is 0.784. The van der Waals surface area contributed by atoms with Crippen LogP contribution in [-0.2, 0) is 0 Å². The van der Waals surface area contributed by atoms with Gasteiger partial charge in [-0.05, 0) is 11.2 Å². The van der Waals surface area contributed by atoms with Crippen LogP contribution in [0, 0.1) is 0 Å². The maximum Gasteiger partial charge on any atom is 0.000182 e. The van der Waals surface area contributed by atoms with E-state index in [4.69, 9.17) is 5.73 Å². The first-order valence-electron chi connectivity index (χ1n) is 1.90. The van der Waals surface area contributed by atoms with Crippen molar-refractivity contribution >= 4 is 11.8 Å². The molecule has 0 aromatic carbocycles. The summed E-state index contributed by atoms with van der Waals surface area (Å²) in [7, 11) is 0. The van der Waals surface area contributed by atoms with Crippen molar-refractivity contribution < 1.29 is 1.43 Å². The van der Waals surface area contributed by atoms with Crippen molar-refractivity contribution in [3.63, 3.8) is 0 Å². The fourth-order valence-corrected chi connectivity index (χ4v) is 0.455. The zero-order valence-electron chi connectivity index (χ0n) is 3.85. The molecule has 2 N–H and O–H groups in total. The summed E-state index contributed by atoms with van der Waals surface area (Å²) in [5.41, 5.74) is 5.01. The van der Waals surface area contributed by atoms with E-state index in [1.807, 2.05) is 5.41 Å². The molecule has 0 aliphatic carbocycles. The number of nitrogens with two attached hydrogens (primary N) is 1. The molecule has 0 heterocycles. The number of rotatable bonds is 2. The van der Waals surface area contributed by atoms with Crippen molar-refractivity contribution in [2.24, 2.45) is 5.73 Å². The molecular weight excluding hydrogens is 94.1 g/mol. The van der Waals surface area contributed by atoms with Crippen LogP contribution >= 0.6 is 11.8 Å². The molecule has 0 aliphatic heterocycles. The van der Waals surface area contributed by atoms with Gasteiger partial charge in [0.05, 0.1) is 0 Å². The molecule has 0 fully saturated rings. The molecule has 0 saturated carbocycles. The van der Waals surface area contributed by atoms with E-state index in [1.165, 1.54) is 0 Å². The second-order valence-corrected chi connectivity index (χ2v) is 1.97. The van der Waals surface area contributed by atoms with E-state index in [0.29, 0.717) is 0 Å². The normalized spacial score (nSPS) is 10.2. The van der Waals surface area contributed by atoms with E-state index in [9.17, 15) is 0 Å². The van der Waals surface area contributed by atoms with Gasteiger partial charge in [0.1, 0.15) is 0 Å². The summed E-state index contributed by atoms with van der Waals surface area (Å²) in [5.74, 6) is 1.10. The lowest BCUT2D eigenvalue weighted by molar-refractivity contribution is 1.53. The number of hydrogen-bond donors (Lipinski definition) is 1. The third kappa shape index (κ3) is 3.89. The highest BCUT2D eigenvalue weighted by Gasteiger charge is 1.64. The van der Waals surface area contributed by atoms with E-state index < -0.39 is 0 Å². The van der Waals surface area contributed by atoms with E-state index in [-0.39, 0.29) is 1.43 Å². The highest BCUT2D eigenvalue weighted by atomic mass is 32.2. The first-order valence-corrected chi connectivity index (χ1v) is 2.95. The molecule has 0 unspecified atom stereocenters. The summed E-state index contributed by atoms with van der Waals surface area (Å²) in [6, 6.07) is 0. The molecule has 2 heteroatoms. The average molecular weight is 105 g/mol. The highest BCUT2D eigenvalue weighted by molar-refractivity contribution is 8.02. The molecular formula is C4H11NS. The van der Waals surface area contributed by atoms with Crippen LogP contribution in [0.2, 0.25) is 0 Å². The van der Waals surface area contributed by atoms with Crippen LogP contribution in [-0.4, -0.2) is 5.75 Å². The van der Waals surface area contributed by atoms with E-state index in [0.717, 1.165) is 5.75 Å². The third-order valence-electron chi connectivity index (χ3n) is 0.341. The third-order valence-corrected chi connectivity index (χ3v) is 1.02. The van der Waals surface area contributed by atoms with Gasteiger partial charge in [-0.2, -0.15) is 0 Å². The molecule has 0 aromatic heterocycles. The number of hydrogen-bond acceptors (Lipinski definition) is 2. The van der Waals surface area contributed by atoms with Gasteiger partial charge in [0, 0.05) is 7.63 Å². The standard InChI is InChI=1S/C4H9NS.H2/c1-2-6-4-3-5;/h3-4H,2,5H2,1H3;1H/b4-3-;. The van der Waals surface area contributed by atoms with Crippen molar-refractivity contribution in [3.8, 4) is 0 Å². The lowest BCUT2D eigenvalue weighted by Crippen LogP contribution is -1.72. The van der Waals surface area contributed by atoms with E-state index >= 15 is 0 Å². The Hall–Kier alpha value is -0.110. The molecule has 0 rings (SSSR count). The fourth-order valence-electron chi connectivity index (χ4n) is 0.152. The maximum absolute atomic E-state index is 5.01. The second kappa shape index (κ2) is 4.89. The monoisotopic (exact) mass is 105 g/mol. The summed E-state index contributed by atoms with van der Waals surface area (Å²) in [4.78, 5) is 0. The SMILES string of the molecule is CCS/C=C\N.[HH]. The van der Waals surface area contributed by atoms with Gasteiger partial charge in [0.25, 0.3) is 0 Å². The fraction of sp³-hybridized carbons (Fsp3) is 0.500. The molecule has 38 valence electrons. The lowest BCUT2D eigenvalue weighted by Gasteiger charge is -1.77. The Balaban J connectivity index is 0. The Morgan fingerprint density at radius 3 is 2.83 bits per heavy atom. The van der Waals surface area contributed by atoms with Gasteiger partial charge in [0.2, 0.25) is 0 Å². The summed E-state index contributed by atoms with van der Waals surface area (Å²) in [6.07, 6.45) is 1.55. The van der Waals surface area contributed by atoms with Crippen LogP contribution < -0.4 is 5.73 Å². The molecule has 0 saturated heterocycles. The topological polar surface area (TPSA) is 26.0 Å². The molecule has 0 aromatic rings. The van der Waals surface area contributed by atoms with Gasteiger partial charge in [-0.15, -0.1) is 11.8 Å². The smallest absolute Gasteiger partial charge is 0.000182 e. The van der Waals surface area contributed by atoms with E-state index in [1.54, 1.807) is 18.0 Å². The van der Waals surface area contributed by atoms with Crippen LogP contribution in [0.1, 0.15) is 8.35 Å². The lowest BCUT2D eigenvalue weighted by atomic mass is 11.0. The minimum absolute atomic E-state index is 0. The first kappa shape index (κ1) is 5.89. The van der Waals surface area contributed by atoms with Gasteiger partial charge in [-0.1, -0.05) is 6.92 Å². The Morgan fingerprint density at radius 2 is 2.67 bits per heavy atom. The molecule has 6 heavy (non-hydrogen) atoms. The zero-order chi connectivity index (χ0) is 4.83. The molecule has 0 aliphatic rings. The molecule has 1 nitrogen and oxygen atoms in total. The van der Waals surface area contributed by atoms with Crippen molar-refractivity contribution in [1.29, 1.82) is 0 Å². The van der Waals surface area contributed by atoms with Gasteiger partial charge in [0.15, 0.2) is 0 Å². The quantitative estimate of drug-likeness (QED) is 0.574. The van der Waals surface area contributed by atoms with Crippen molar-refractivity contribution in [2.45, 2.75) is 6.92 Å². The highest BCUT2D eigenvalue weighted by Crippen LogP contribution is 1.96. The predicted octanol–water partition coefficient (Wildman–Crippen LogP) is 1.42. The van der Waals surface area contributed by atoms with Crippen molar-refractivity contribution in [2.75, 3.05) is 5.75 Å². The molecule has 0 spiro atoms. The summed E-state index contributed by atoms with van der Waals surface area (Å²) in [5, 5.41) is 1.88. The minimum Gasteiger partial charge on any atom is -0.404 e. The Morgan fingerprint density at radius 1 is 2.00 bits per heavy atom. The molecule has 0 amide bonds. The van der Waals surface area contributed by atoms with Crippen molar-refractivity contribution in [1.82, 2.24) is 0 Å². The maximum atomic E-state index is 5.01. The van der Waals surface area contributed by atoms with Crippen LogP contribution in [0.15, 0.2) is 11.6 Å². The van der Waals surface area contributed by atoms with Gasteiger partial charge in [-0.3, -0.25) is 0 Å². The van der Waals surface area contributed by atoms with Crippen LogP contribution in [0.4, 0.5) is 0 Å². The molecule has 0 radical (unpaired) electrons. The van der Waals surface area contributed by atoms with Gasteiger partial charge < -0.3 is 5.73 Å². The largest absolute Gasteiger partial charge is 0.404 e. The Labute approximate surface area is 44.1 Å². The van der Waals surface area contributed by atoms with Crippen LogP contribution in [0.25, 0.3) is 0 Å². The Kier molecular flexibility index (Phi) is 4.80. The first-order chi connectivity index (χ1) is 2.91.